The average molecular weight is 347 g/mol. The first-order valence-corrected chi connectivity index (χ1v) is 9.31. The summed E-state index contributed by atoms with van der Waals surface area (Å²) in [6.07, 6.45) is 4.76. The van der Waals surface area contributed by atoms with Gasteiger partial charge < -0.3 is 14.8 Å². The number of nitrogens with zero attached hydrogens (tertiary/aromatic N) is 5. The van der Waals surface area contributed by atoms with Gasteiger partial charge >= 0.3 is 0 Å². The second kappa shape index (κ2) is 9.32. The molecule has 0 amide bonds. The van der Waals surface area contributed by atoms with Crippen molar-refractivity contribution in [3.63, 3.8) is 0 Å². The second-order valence-electron chi connectivity index (χ2n) is 5.47. The van der Waals surface area contributed by atoms with Crippen LogP contribution in [0, 0.1) is 0 Å². The van der Waals surface area contributed by atoms with E-state index in [4.69, 9.17) is 0 Å². The van der Waals surface area contributed by atoms with Crippen LogP contribution in [-0.2, 0) is 19.5 Å². The van der Waals surface area contributed by atoms with E-state index in [1.54, 1.807) is 18.1 Å². The van der Waals surface area contributed by atoms with Crippen LogP contribution < -0.4 is 5.32 Å². The zero-order valence-electron chi connectivity index (χ0n) is 14.9. The molecular weight excluding hydrogens is 320 g/mol. The van der Waals surface area contributed by atoms with E-state index in [9.17, 15) is 0 Å². The summed E-state index contributed by atoms with van der Waals surface area (Å²) in [5.41, 5.74) is 1.27. The number of aliphatic imine (C=N–C) groups is 1. The first-order valence-electron chi connectivity index (χ1n) is 8.09. The Bertz CT molecular complexity index is 649. The molecule has 0 radical (unpaired) electrons. The number of guanidine groups is 1. The Kier molecular flexibility index (Phi) is 7.11. The number of aryl methyl sites for hydroxylation is 1. The maximum atomic E-state index is 4.37. The van der Waals surface area contributed by atoms with Crippen molar-refractivity contribution in [3.05, 3.63) is 42.0 Å². The summed E-state index contributed by atoms with van der Waals surface area (Å²) in [7, 11) is 3.86. The number of rotatable bonds is 7. The lowest BCUT2D eigenvalue weighted by Crippen LogP contribution is -2.39. The van der Waals surface area contributed by atoms with Gasteiger partial charge in [-0.25, -0.2) is 0 Å². The third kappa shape index (κ3) is 4.99. The highest BCUT2D eigenvalue weighted by atomic mass is 32.2. The highest BCUT2D eigenvalue weighted by Crippen LogP contribution is 2.15. The van der Waals surface area contributed by atoms with Crippen molar-refractivity contribution in [2.24, 2.45) is 4.99 Å². The maximum Gasteiger partial charge on any atom is 0.193 e. The topological polar surface area (TPSA) is 58.3 Å². The van der Waals surface area contributed by atoms with Crippen LogP contribution in [-0.4, -0.2) is 52.5 Å². The summed E-state index contributed by atoms with van der Waals surface area (Å²) >= 11 is 1.76. The van der Waals surface area contributed by atoms with Crippen molar-refractivity contribution in [2.45, 2.75) is 31.3 Å². The molecular formula is C17H26N6S. The molecule has 0 saturated heterocycles. The molecule has 6 nitrogen and oxygen atoms in total. The van der Waals surface area contributed by atoms with E-state index >= 15 is 0 Å². The van der Waals surface area contributed by atoms with Gasteiger partial charge in [0.25, 0.3) is 0 Å². The van der Waals surface area contributed by atoms with E-state index in [-0.39, 0.29) is 0 Å². The van der Waals surface area contributed by atoms with Crippen molar-refractivity contribution in [3.8, 4) is 0 Å². The third-order valence-corrected chi connectivity index (χ3v) is 4.54. The molecule has 0 bridgehead atoms. The third-order valence-electron chi connectivity index (χ3n) is 3.80. The Balaban J connectivity index is 1.85. The molecule has 1 aromatic heterocycles. The van der Waals surface area contributed by atoms with E-state index in [0.29, 0.717) is 0 Å². The van der Waals surface area contributed by atoms with Gasteiger partial charge in [-0.05, 0) is 24.0 Å². The Hall–Kier alpha value is -2.02. The van der Waals surface area contributed by atoms with Crippen LogP contribution in [0.3, 0.4) is 0 Å². The highest BCUT2D eigenvalue weighted by Gasteiger charge is 2.07. The van der Waals surface area contributed by atoms with Crippen LogP contribution in [0.1, 0.15) is 18.3 Å². The minimum absolute atomic E-state index is 0.785. The minimum Gasteiger partial charge on any atom is -0.354 e. The molecule has 0 unspecified atom stereocenters. The Morgan fingerprint density at radius 3 is 2.71 bits per heavy atom. The van der Waals surface area contributed by atoms with Crippen molar-refractivity contribution < 1.29 is 0 Å². The summed E-state index contributed by atoms with van der Waals surface area (Å²) in [4.78, 5) is 7.77. The van der Waals surface area contributed by atoms with Gasteiger partial charge in [0, 0.05) is 45.0 Å². The second-order valence-corrected chi connectivity index (χ2v) is 6.35. The standard InChI is InChI=1S/C17H26N6S/c1-5-16-21-20-13-23(16)11-10-19-17(18-2)22(3)12-14-6-8-15(24-4)9-7-14/h6-9,13H,5,10-12H2,1-4H3,(H,18,19). The molecule has 0 aliphatic carbocycles. The average Bonchev–Trinajstić information content (AvgIpc) is 3.06. The number of thioether (sulfide) groups is 1. The number of nitrogens with one attached hydrogen (secondary N) is 1. The van der Waals surface area contributed by atoms with Crippen LogP contribution in [0.25, 0.3) is 0 Å². The smallest absolute Gasteiger partial charge is 0.193 e. The van der Waals surface area contributed by atoms with E-state index < -0.39 is 0 Å². The maximum absolute atomic E-state index is 4.37. The number of hydrogen-bond donors (Lipinski definition) is 1. The molecule has 24 heavy (non-hydrogen) atoms. The van der Waals surface area contributed by atoms with Gasteiger partial charge in [0.2, 0.25) is 0 Å². The summed E-state index contributed by atoms with van der Waals surface area (Å²) < 4.78 is 2.07. The zero-order chi connectivity index (χ0) is 17.4. The van der Waals surface area contributed by atoms with Crippen LogP contribution >= 0.6 is 11.8 Å². The Labute approximate surface area is 148 Å². The van der Waals surface area contributed by atoms with Gasteiger partial charge in [-0.1, -0.05) is 19.1 Å². The van der Waals surface area contributed by atoms with Gasteiger partial charge in [0.1, 0.15) is 12.2 Å². The van der Waals surface area contributed by atoms with Crippen molar-refractivity contribution in [2.75, 3.05) is 26.9 Å². The molecule has 2 rings (SSSR count). The number of benzene rings is 1. The molecule has 0 aliphatic heterocycles. The fourth-order valence-corrected chi connectivity index (χ4v) is 2.90. The van der Waals surface area contributed by atoms with E-state index in [0.717, 1.165) is 37.8 Å². The van der Waals surface area contributed by atoms with E-state index in [1.807, 2.05) is 14.1 Å². The fraction of sp³-hybridized carbons (Fsp3) is 0.471. The van der Waals surface area contributed by atoms with Crippen molar-refractivity contribution >= 4 is 17.7 Å². The van der Waals surface area contributed by atoms with Gasteiger partial charge in [-0.15, -0.1) is 22.0 Å². The van der Waals surface area contributed by atoms with Crippen LogP contribution in [0.4, 0.5) is 0 Å². The van der Waals surface area contributed by atoms with Gasteiger partial charge in [-0.2, -0.15) is 0 Å². The molecule has 0 spiro atoms. The first kappa shape index (κ1) is 18.3. The van der Waals surface area contributed by atoms with Crippen molar-refractivity contribution in [1.29, 1.82) is 0 Å². The molecule has 2 aromatic rings. The lowest BCUT2D eigenvalue weighted by atomic mass is 10.2. The van der Waals surface area contributed by atoms with E-state index in [2.05, 4.69) is 67.4 Å². The Morgan fingerprint density at radius 2 is 2.08 bits per heavy atom. The lowest BCUT2D eigenvalue weighted by molar-refractivity contribution is 0.472. The van der Waals surface area contributed by atoms with Gasteiger partial charge in [0.15, 0.2) is 5.96 Å². The monoisotopic (exact) mass is 346 g/mol. The van der Waals surface area contributed by atoms with Crippen molar-refractivity contribution in [1.82, 2.24) is 25.0 Å². The zero-order valence-corrected chi connectivity index (χ0v) is 15.7. The largest absolute Gasteiger partial charge is 0.354 e. The predicted octanol–water partition coefficient (Wildman–Crippen LogP) is 2.27. The molecule has 0 atom stereocenters. The molecule has 0 fully saturated rings. The van der Waals surface area contributed by atoms with Gasteiger partial charge in [-0.3, -0.25) is 4.99 Å². The molecule has 7 heteroatoms. The number of aromatic nitrogens is 3. The number of hydrogen-bond acceptors (Lipinski definition) is 4. The van der Waals surface area contributed by atoms with E-state index in [1.165, 1.54) is 10.5 Å². The lowest BCUT2D eigenvalue weighted by Gasteiger charge is -2.22. The normalized spacial score (nSPS) is 11.6. The summed E-state index contributed by atoms with van der Waals surface area (Å²) in [6.45, 7) is 4.52. The van der Waals surface area contributed by atoms with Crippen LogP contribution in [0.15, 0.2) is 40.5 Å². The predicted molar refractivity (Wildman–Crippen MR) is 100 cm³/mol. The van der Waals surface area contributed by atoms with Crippen LogP contribution in [0.5, 0.6) is 0 Å². The molecule has 1 N–H and O–H groups in total. The fourth-order valence-electron chi connectivity index (χ4n) is 2.49. The van der Waals surface area contributed by atoms with Crippen LogP contribution in [0.2, 0.25) is 0 Å². The first-order chi connectivity index (χ1) is 11.7. The molecule has 0 saturated carbocycles. The Morgan fingerprint density at radius 1 is 1.33 bits per heavy atom. The summed E-state index contributed by atoms with van der Waals surface area (Å²) in [5, 5.41) is 11.5. The summed E-state index contributed by atoms with van der Waals surface area (Å²) in [6, 6.07) is 8.64. The summed E-state index contributed by atoms with van der Waals surface area (Å²) in [5.74, 6) is 1.89. The molecule has 1 aromatic carbocycles. The quantitative estimate of drug-likeness (QED) is 0.473. The molecule has 1 heterocycles. The molecule has 130 valence electrons. The molecule has 0 aliphatic rings. The highest BCUT2D eigenvalue weighted by molar-refractivity contribution is 7.98. The van der Waals surface area contributed by atoms with Gasteiger partial charge in [0.05, 0.1) is 0 Å². The SMILES string of the molecule is CCc1nncn1CCNC(=NC)N(C)Cc1ccc(SC)cc1. The minimum atomic E-state index is 0.785.